The van der Waals surface area contributed by atoms with Crippen molar-refractivity contribution in [2.24, 2.45) is 0 Å². The van der Waals surface area contributed by atoms with Crippen molar-refractivity contribution in [3.05, 3.63) is 46.3 Å². The number of fused-ring (bicyclic) bond motifs is 2. The molecule has 1 aliphatic carbocycles. The number of carbonyl (C=O) groups is 2. The lowest BCUT2D eigenvalue weighted by molar-refractivity contribution is -0.132. The second-order valence-corrected chi connectivity index (χ2v) is 12.2. The number of aryl methyl sites for hydroxylation is 1. The molecule has 1 aromatic carbocycles. The maximum absolute atomic E-state index is 12.9. The number of carbonyl (C=O) groups excluding carboxylic acids is 2. The number of rotatable bonds is 8. The van der Waals surface area contributed by atoms with Crippen LogP contribution >= 0.6 is 0 Å². The molecule has 1 fully saturated rings. The Hall–Kier alpha value is -2.95. The van der Waals surface area contributed by atoms with Crippen molar-refractivity contribution in [1.29, 1.82) is 0 Å². The molecule has 0 unspecified atom stereocenters. The average molecular weight is 540 g/mol. The van der Waals surface area contributed by atoms with Gasteiger partial charge in [0.25, 0.3) is 5.91 Å². The van der Waals surface area contributed by atoms with Gasteiger partial charge in [-0.3, -0.25) is 14.5 Å². The molecule has 204 valence electrons. The van der Waals surface area contributed by atoms with E-state index in [9.17, 15) is 18.0 Å². The van der Waals surface area contributed by atoms with Gasteiger partial charge >= 0.3 is 0 Å². The molecule has 0 spiro atoms. The highest BCUT2D eigenvalue weighted by atomic mass is 32.2. The molecule has 2 aliphatic heterocycles. The van der Waals surface area contributed by atoms with Gasteiger partial charge in [-0.15, -0.1) is 0 Å². The Morgan fingerprint density at radius 1 is 1.13 bits per heavy atom. The molecule has 9 nitrogen and oxygen atoms in total. The summed E-state index contributed by atoms with van der Waals surface area (Å²) in [6.45, 7) is 6.28. The zero-order valence-corrected chi connectivity index (χ0v) is 23.0. The quantitative estimate of drug-likeness (QED) is 0.447. The lowest BCUT2D eigenvalue weighted by Gasteiger charge is -2.34. The largest absolute Gasteiger partial charge is 0.358 e. The second-order valence-electron chi connectivity index (χ2n) is 10.3. The minimum atomic E-state index is -3.63. The summed E-state index contributed by atoms with van der Waals surface area (Å²) in [5.41, 5.74) is 6.56. The van der Waals surface area contributed by atoms with Gasteiger partial charge in [0, 0.05) is 55.2 Å². The van der Waals surface area contributed by atoms with Gasteiger partial charge in [-0.1, -0.05) is 6.92 Å². The Morgan fingerprint density at radius 3 is 2.63 bits per heavy atom. The third-order valence-electron chi connectivity index (χ3n) is 8.01. The molecule has 10 heteroatoms. The van der Waals surface area contributed by atoms with Crippen LogP contribution in [0.4, 0.5) is 5.69 Å². The van der Waals surface area contributed by atoms with Crippen LogP contribution in [0.5, 0.6) is 0 Å². The Labute approximate surface area is 224 Å². The highest BCUT2D eigenvalue weighted by Gasteiger charge is 2.28. The highest BCUT2D eigenvalue weighted by molar-refractivity contribution is 7.89. The molecule has 0 saturated carbocycles. The summed E-state index contributed by atoms with van der Waals surface area (Å²) in [4.78, 5) is 33.1. The van der Waals surface area contributed by atoms with Gasteiger partial charge in [-0.25, -0.2) is 13.1 Å². The van der Waals surface area contributed by atoms with Crippen LogP contribution in [0.2, 0.25) is 0 Å². The smallest absolute Gasteiger partial charge is 0.256 e. The van der Waals surface area contributed by atoms with Gasteiger partial charge in [-0.2, -0.15) is 0 Å². The van der Waals surface area contributed by atoms with Crippen molar-refractivity contribution in [3.8, 4) is 0 Å². The molecule has 38 heavy (non-hydrogen) atoms. The third kappa shape index (κ3) is 5.30. The van der Waals surface area contributed by atoms with Gasteiger partial charge in [0.15, 0.2) is 0 Å². The van der Waals surface area contributed by atoms with Crippen LogP contribution in [-0.2, 0) is 38.9 Å². The summed E-state index contributed by atoms with van der Waals surface area (Å²) in [6.07, 6.45) is 8.72. The summed E-state index contributed by atoms with van der Waals surface area (Å²) in [7, 11) is -2.25. The van der Waals surface area contributed by atoms with E-state index in [1.807, 2.05) is 17.9 Å². The number of nitrogens with one attached hydrogen (secondary N) is 3. The Bertz CT molecular complexity index is 1370. The summed E-state index contributed by atoms with van der Waals surface area (Å²) in [5.74, 6) is 0.00602. The number of hydrogen-bond donors (Lipinski definition) is 3. The number of piperazine rings is 1. The maximum atomic E-state index is 12.9. The maximum Gasteiger partial charge on any atom is 0.256 e. The Balaban J connectivity index is 1.37. The van der Waals surface area contributed by atoms with Gasteiger partial charge in [0.05, 0.1) is 10.5 Å². The average Bonchev–Trinajstić information content (AvgIpc) is 3.44. The van der Waals surface area contributed by atoms with E-state index < -0.39 is 10.0 Å². The van der Waals surface area contributed by atoms with E-state index in [-0.39, 0.29) is 16.7 Å². The SMILES string of the molecule is CCC(=O)N1CCN(CCCc2c(/C=C3\C(=O)Nc4ccc(S(=O)(=O)NC)cc43)[nH]c3c2CCCC3)CC1. The second kappa shape index (κ2) is 11.0. The lowest BCUT2D eigenvalue weighted by atomic mass is 9.92. The topological polar surface area (TPSA) is 115 Å². The molecule has 0 radical (unpaired) electrons. The molecule has 2 amide bonds. The van der Waals surface area contributed by atoms with Crippen LogP contribution in [0.1, 0.15) is 60.7 Å². The van der Waals surface area contributed by atoms with E-state index in [0.29, 0.717) is 23.2 Å². The number of benzene rings is 1. The Morgan fingerprint density at radius 2 is 1.89 bits per heavy atom. The van der Waals surface area contributed by atoms with Crippen LogP contribution in [0.25, 0.3) is 11.6 Å². The molecule has 0 atom stereocenters. The molecule has 3 heterocycles. The number of amides is 2. The first-order valence-electron chi connectivity index (χ1n) is 13.6. The summed E-state index contributed by atoms with van der Waals surface area (Å²) in [6, 6.07) is 4.72. The van der Waals surface area contributed by atoms with E-state index in [1.54, 1.807) is 12.1 Å². The number of aromatic amines is 1. The standard InChI is InChI=1S/C28H37N5O4S/c1-3-27(34)33-15-13-32(14-16-33)12-6-8-21-20-7-4-5-9-24(20)30-26(21)18-23-22-17-19(38(36,37)29-2)10-11-25(22)31-28(23)35/h10-11,17-18,29-30H,3-9,12-16H2,1-2H3,(H,31,35)/b23-18-. The Kier molecular flexibility index (Phi) is 7.74. The highest BCUT2D eigenvalue weighted by Crippen LogP contribution is 2.37. The molecule has 5 rings (SSSR count). The van der Waals surface area contributed by atoms with Crippen molar-refractivity contribution in [2.45, 2.75) is 56.8 Å². The summed E-state index contributed by atoms with van der Waals surface area (Å²) in [5, 5.41) is 2.88. The monoisotopic (exact) mass is 539 g/mol. The van der Waals surface area contributed by atoms with E-state index in [2.05, 4.69) is 19.9 Å². The van der Waals surface area contributed by atoms with Crippen LogP contribution in [0, 0.1) is 0 Å². The van der Waals surface area contributed by atoms with Gasteiger partial charge < -0.3 is 15.2 Å². The normalized spacial score (nSPS) is 18.9. The molecular formula is C28H37N5O4S. The fourth-order valence-electron chi connectivity index (χ4n) is 5.85. The zero-order valence-electron chi connectivity index (χ0n) is 22.2. The molecule has 3 aliphatic rings. The van der Waals surface area contributed by atoms with E-state index >= 15 is 0 Å². The first kappa shape index (κ1) is 26.6. The number of hydrogen-bond acceptors (Lipinski definition) is 5. The predicted molar refractivity (Wildman–Crippen MR) is 148 cm³/mol. The van der Waals surface area contributed by atoms with Crippen molar-refractivity contribution in [1.82, 2.24) is 19.5 Å². The van der Waals surface area contributed by atoms with Crippen molar-refractivity contribution in [3.63, 3.8) is 0 Å². The predicted octanol–water partition coefficient (Wildman–Crippen LogP) is 2.78. The summed E-state index contributed by atoms with van der Waals surface area (Å²) >= 11 is 0. The van der Waals surface area contributed by atoms with Crippen LogP contribution < -0.4 is 10.0 Å². The van der Waals surface area contributed by atoms with Crippen LogP contribution in [0.3, 0.4) is 0 Å². The zero-order chi connectivity index (χ0) is 26.9. The van der Waals surface area contributed by atoms with Crippen molar-refractivity contribution in [2.75, 3.05) is 45.1 Å². The molecule has 0 bridgehead atoms. The van der Waals surface area contributed by atoms with E-state index in [0.717, 1.165) is 76.9 Å². The van der Waals surface area contributed by atoms with Gasteiger partial charge in [0.2, 0.25) is 15.9 Å². The molecule has 1 saturated heterocycles. The van der Waals surface area contributed by atoms with Crippen molar-refractivity contribution >= 4 is 39.2 Å². The first-order chi connectivity index (χ1) is 18.3. The summed E-state index contributed by atoms with van der Waals surface area (Å²) < 4.78 is 27.1. The minimum absolute atomic E-state index is 0.132. The number of nitrogens with zero attached hydrogens (tertiary/aromatic N) is 2. The molecule has 3 N–H and O–H groups in total. The fraction of sp³-hybridized carbons (Fsp3) is 0.500. The molecule has 2 aromatic rings. The molecular weight excluding hydrogens is 502 g/mol. The minimum Gasteiger partial charge on any atom is -0.358 e. The number of anilines is 1. The van der Waals surface area contributed by atoms with Crippen LogP contribution in [0.15, 0.2) is 23.1 Å². The number of sulfonamides is 1. The molecule has 1 aromatic heterocycles. The van der Waals surface area contributed by atoms with Gasteiger partial charge in [-0.05, 0) is 87.5 Å². The van der Waals surface area contributed by atoms with E-state index in [1.165, 1.54) is 29.9 Å². The van der Waals surface area contributed by atoms with Gasteiger partial charge in [0.1, 0.15) is 0 Å². The third-order valence-corrected chi connectivity index (χ3v) is 9.43. The number of H-pyrrole nitrogens is 1. The van der Waals surface area contributed by atoms with Crippen molar-refractivity contribution < 1.29 is 18.0 Å². The first-order valence-corrected chi connectivity index (χ1v) is 15.1. The van der Waals surface area contributed by atoms with Crippen LogP contribution in [-0.4, -0.2) is 74.8 Å². The lowest BCUT2D eigenvalue weighted by Crippen LogP contribution is -2.48. The van der Waals surface area contributed by atoms with E-state index in [4.69, 9.17) is 0 Å². The fourth-order valence-corrected chi connectivity index (χ4v) is 6.61. The number of aromatic nitrogens is 1.